The molecule has 0 unspecified atom stereocenters. The van der Waals surface area contributed by atoms with Gasteiger partial charge in [0.25, 0.3) is 0 Å². The van der Waals surface area contributed by atoms with Crippen molar-refractivity contribution in [3.8, 4) is 11.5 Å². The highest BCUT2D eigenvalue weighted by atomic mass is 35.5. The number of benzene rings is 2. The second-order valence-corrected chi connectivity index (χ2v) is 5.81. The van der Waals surface area contributed by atoms with Gasteiger partial charge in [-0.25, -0.2) is 4.98 Å². The molecule has 0 radical (unpaired) electrons. The highest BCUT2D eigenvalue weighted by molar-refractivity contribution is 6.31. The summed E-state index contributed by atoms with van der Waals surface area (Å²) in [6, 6.07) is 15.0. The van der Waals surface area contributed by atoms with Gasteiger partial charge in [0.1, 0.15) is 17.3 Å². The van der Waals surface area contributed by atoms with Gasteiger partial charge >= 0.3 is 0 Å². The van der Waals surface area contributed by atoms with Crippen LogP contribution < -0.4 is 20.1 Å². The van der Waals surface area contributed by atoms with Gasteiger partial charge in [0.15, 0.2) is 0 Å². The minimum absolute atomic E-state index is 0.502. The summed E-state index contributed by atoms with van der Waals surface area (Å²) in [5, 5.41) is 7.11. The highest BCUT2D eigenvalue weighted by Gasteiger charge is 2.07. The average Bonchev–Trinajstić information content (AvgIpc) is 2.68. The number of anilines is 3. The largest absolute Gasteiger partial charge is 0.497 e. The van der Waals surface area contributed by atoms with Gasteiger partial charge in [0.05, 0.1) is 19.9 Å². The molecule has 0 fully saturated rings. The van der Waals surface area contributed by atoms with E-state index in [9.17, 15) is 0 Å². The van der Waals surface area contributed by atoms with Crippen LogP contribution in [-0.4, -0.2) is 24.2 Å². The molecule has 0 aliphatic rings. The van der Waals surface area contributed by atoms with Gasteiger partial charge in [-0.15, -0.1) is 0 Å². The van der Waals surface area contributed by atoms with Crippen LogP contribution in [0.4, 0.5) is 17.5 Å². The standard InChI is InChI=1S/C19H19ClN4O2/c1-25-14-7-8-16(17(11-14)26-2)23-18-9-10-21-19(24-18)22-12-13-5-3-4-6-15(13)20/h3-11H,12H2,1-2H3,(H2,21,22,23,24). The Morgan fingerprint density at radius 2 is 1.88 bits per heavy atom. The minimum atomic E-state index is 0.502. The Hall–Kier alpha value is -2.99. The van der Waals surface area contributed by atoms with E-state index in [1.54, 1.807) is 32.5 Å². The molecular weight excluding hydrogens is 352 g/mol. The number of nitrogens with one attached hydrogen (secondary N) is 2. The summed E-state index contributed by atoms with van der Waals surface area (Å²) in [7, 11) is 3.22. The number of methoxy groups -OCH3 is 2. The Labute approximate surface area is 157 Å². The molecule has 7 heteroatoms. The summed E-state index contributed by atoms with van der Waals surface area (Å²) in [6.45, 7) is 0.537. The van der Waals surface area contributed by atoms with E-state index in [1.807, 2.05) is 36.4 Å². The number of nitrogens with zero attached hydrogens (tertiary/aromatic N) is 2. The quantitative estimate of drug-likeness (QED) is 0.638. The predicted molar refractivity (Wildman–Crippen MR) is 104 cm³/mol. The van der Waals surface area contributed by atoms with Gasteiger partial charge in [-0.3, -0.25) is 0 Å². The molecule has 134 valence electrons. The van der Waals surface area contributed by atoms with Crippen molar-refractivity contribution in [2.24, 2.45) is 0 Å². The zero-order chi connectivity index (χ0) is 18.4. The Morgan fingerprint density at radius 1 is 1.04 bits per heavy atom. The summed E-state index contributed by atoms with van der Waals surface area (Å²) in [5.74, 6) is 2.53. The van der Waals surface area contributed by atoms with Gasteiger partial charge in [-0.2, -0.15) is 4.98 Å². The van der Waals surface area contributed by atoms with Crippen molar-refractivity contribution in [1.82, 2.24) is 9.97 Å². The van der Waals surface area contributed by atoms with E-state index < -0.39 is 0 Å². The van der Waals surface area contributed by atoms with Gasteiger partial charge in [-0.05, 0) is 29.8 Å². The lowest BCUT2D eigenvalue weighted by molar-refractivity contribution is 0.395. The fraction of sp³-hybridized carbons (Fsp3) is 0.158. The topological polar surface area (TPSA) is 68.3 Å². The maximum Gasteiger partial charge on any atom is 0.224 e. The molecule has 0 aliphatic carbocycles. The molecule has 1 heterocycles. The molecular formula is C19H19ClN4O2. The van der Waals surface area contributed by atoms with E-state index in [0.29, 0.717) is 29.1 Å². The molecule has 0 atom stereocenters. The number of hydrogen-bond acceptors (Lipinski definition) is 6. The van der Waals surface area contributed by atoms with Crippen molar-refractivity contribution < 1.29 is 9.47 Å². The number of aromatic nitrogens is 2. The molecule has 0 bridgehead atoms. The number of rotatable bonds is 7. The van der Waals surface area contributed by atoms with E-state index in [2.05, 4.69) is 20.6 Å². The van der Waals surface area contributed by atoms with Crippen LogP contribution in [0.3, 0.4) is 0 Å². The molecule has 1 aromatic heterocycles. The maximum atomic E-state index is 6.17. The molecule has 0 spiro atoms. The number of hydrogen-bond donors (Lipinski definition) is 2. The smallest absolute Gasteiger partial charge is 0.224 e. The lowest BCUT2D eigenvalue weighted by atomic mass is 10.2. The monoisotopic (exact) mass is 370 g/mol. The first kappa shape index (κ1) is 17.8. The summed E-state index contributed by atoms with van der Waals surface area (Å²) in [6.07, 6.45) is 1.68. The lowest BCUT2D eigenvalue weighted by Crippen LogP contribution is -2.05. The molecule has 26 heavy (non-hydrogen) atoms. The number of halogens is 1. The molecule has 2 aromatic carbocycles. The Bertz CT molecular complexity index is 889. The van der Waals surface area contributed by atoms with E-state index in [0.717, 1.165) is 17.0 Å². The van der Waals surface area contributed by atoms with Crippen molar-refractivity contribution in [2.75, 3.05) is 24.9 Å². The molecule has 0 saturated carbocycles. The molecule has 0 saturated heterocycles. The van der Waals surface area contributed by atoms with E-state index >= 15 is 0 Å². The number of ether oxygens (including phenoxy) is 2. The predicted octanol–water partition coefficient (Wildman–Crippen LogP) is 4.50. The fourth-order valence-corrected chi connectivity index (χ4v) is 2.57. The van der Waals surface area contributed by atoms with Crippen molar-refractivity contribution in [3.05, 3.63) is 65.3 Å². The first-order valence-electron chi connectivity index (χ1n) is 7.99. The van der Waals surface area contributed by atoms with Crippen LogP contribution in [0.2, 0.25) is 5.02 Å². The normalized spacial score (nSPS) is 10.3. The third-order valence-electron chi connectivity index (χ3n) is 3.72. The summed E-state index contributed by atoms with van der Waals surface area (Å²) >= 11 is 6.17. The lowest BCUT2D eigenvalue weighted by Gasteiger charge is -2.13. The van der Waals surface area contributed by atoms with Gasteiger partial charge in [0, 0.05) is 23.8 Å². The van der Waals surface area contributed by atoms with Crippen LogP contribution in [0.25, 0.3) is 0 Å². The van der Waals surface area contributed by atoms with Crippen LogP contribution >= 0.6 is 11.6 Å². The van der Waals surface area contributed by atoms with Crippen molar-refractivity contribution in [2.45, 2.75) is 6.54 Å². The zero-order valence-corrected chi connectivity index (χ0v) is 15.2. The first-order chi connectivity index (χ1) is 12.7. The van der Waals surface area contributed by atoms with Crippen LogP contribution in [0.1, 0.15) is 5.56 Å². The van der Waals surface area contributed by atoms with Crippen LogP contribution in [0.15, 0.2) is 54.7 Å². The summed E-state index contributed by atoms with van der Waals surface area (Å²) in [4.78, 5) is 8.71. The molecule has 3 aromatic rings. The minimum Gasteiger partial charge on any atom is -0.497 e. The molecule has 0 aliphatic heterocycles. The van der Waals surface area contributed by atoms with Gasteiger partial charge < -0.3 is 20.1 Å². The average molecular weight is 371 g/mol. The Kier molecular flexibility index (Phi) is 5.76. The van der Waals surface area contributed by atoms with Crippen molar-refractivity contribution >= 4 is 29.1 Å². The summed E-state index contributed by atoms with van der Waals surface area (Å²) in [5.41, 5.74) is 1.76. The third-order valence-corrected chi connectivity index (χ3v) is 4.09. The van der Waals surface area contributed by atoms with E-state index in [1.165, 1.54) is 0 Å². The third kappa shape index (κ3) is 4.34. The second-order valence-electron chi connectivity index (χ2n) is 5.40. The Morgan fingerprint density at radius 3 is 2.65 bits per heavy atom. The zero-order valence-electron chi connectivity index (χ0n) is 14.5. The first-order valence-corrected chi connectivity index (χ1v) is 8.37. The Balaban J connectivity index is 1.72. The summed E-state index contributed by atoms with van der Waals surface area (Å²) < 4.78 is 10.6. The molecule has 6 nitrogen and oxygen atoms in total. The van der Waals surface area contributed by atoms with Crippen LogP contribution in [0, 0.1) is 0 Å². The molecule has 0 amide bonds. The van der Waals surface area contributed by atoms with E-state index in [-0.39, 0.29) is 0 Å². The van der Waals surface area contributed by atoms with E-state index in [4.69, 9.17) is 21.1 Å². The van der Waals surface area contributed by atoms with Gasteiger partial charge in [-0.1, -0.05) is 29.8 Å². The van der Waals surface area contributed by atoms with Crippen molar-refractivity contribution in [1.29, 1.82) is 0 Å². The second kappa shape index (κ2) is 8.40. The maximum absolute atomic E-state index is 6.17. The van der Waals surface area contributed by atoms with Crippen LogP contribution in [0.5, 0.6) is 11.5 Å². The SMILES string of the molecule is COc1ccc(Nc2ccnc(NCc3ccccc3Cl)n2)c(OC)c1. The van der Waals surface area contributed by atoms with Gasteiger partial charge in [0.2, 0.25) is 5.95 Å². The molecule has 3 rings (SSSR count). The fourth-order valence-electron chi connectivity index (χ4n) is 2.37. The highest BCUT2D eigenvalue weighted by Crippen LogP contribution is 2.31. The van der Waals surface area contributed by atoms with Crippen LogP contribution in [-0.2, 0) is 6.54 Å². The van der Waals surface area contributed by atoms with Crippen molar-refractivity contribution in [3.63, 3.8) is 0 Å². The molecule has 2 N–H and O–H groups in total.